The van der Waals surface area contributed by atoms with E-state index in [1.54, 1.807) is 12.1 Å². The average molecular weight is 213 g/mol. The van der Waals surface area contributed by atoms with E-state index in [4.69, 9.17) is 5.73 Å². The fourth-order valence-electron chi connectivity index (χ4n) is 1.70. The number of aryl methyl sites for hydroxylation is 1. The zero-order chi connectivity index (χ0) is 11.5. The minimum atomic E-state index is -0.276. The molecule has 0 spiro atoms. The first-order valence-corrected chi connectivity index (χ1v) is 5.28. The van der Waals surface area contributed by atoms with Gasteiger partial charge in [0.1, 0.15) is 5.75 Å². The van der Waals surface area contributed by atoms with Crippen LogP contribution in [0, 0.1) is 6.92 Å². The highest BCUT2D eigenvalue weighted by Crippen LogP contribution is 2.26. The highest BCUT2D eigenvalue weighted by Gasteiger charge is 2.11. The normalized spacial score (nSPS) is 12.4. The molecule has 0 heterocycles. The van der Waals surface area contributed by atoms with Crippen molar-refractivity contribution in [2.24, 2.45) is 5.73 Å². The van der Waals surface area contributed by atoms with E-state index in [1.807, 2.05) is 43.3 Å². The number of hydrogen-bond acceptors (Lipinski definition) is 2. The van der Waals surface area contributed by atoms with Crippen LogP contribution in [-0.2, 0) is 0 Å². The minimum absolute atomic E-state index is 0.246. The largest absolute Gasteiger partial charge is 0.508 e. The van der Waals surface area contributed by atoms with Crippen LogP contribution in [0.5, 0.6) is 5.75 Å². The Morgan fingerprint density at radius 2 is 1.62 bits per heavy atom. The van der Waals surface area contributed by atoms with Gasteiger partial charge in [0, 0.05) is 5.56 Å². The van der Waals surface area contributed by atoms with Crippen LogP contribution in [0.4, 0.5) is 0 Å². The Balaban J connectivity index is 2.35. The van der Waals surface area contributed by atoms with Crippen LogP contribution in [0.3, 0.4) is 0 Å². The van der Waals surface area contributed by atoms with Crippen molar-refractivity contribution in [3.05, 3.63) is 65.2 Å². The summed E-state index contributed by atoms with van der Waals surface area (Å²) in [6, 6.07) is 14.9. The highest BCUT2D eigenvalue weighted by molar-refractivity contribution is 5.40. The lowest BCUT2D eigenvalue weighted by Gasteiger charge is -2.14. The minimum Gasteiger partial charge on any atom is -0.508 e. The van der Waals surface area contributed by atoms with E-state index < -0.39 is 0 Å². The van der Waals surface area contributed by atoms with Gasteiger partial charge in [-0.25, -0.2) is 0 Å². The first-order chi connectivity index (χ1) is 7.68. The third-order valence-electron chi connectivity index (χ3n) is 2.71. The predicted molar refractivity (Wildman–Crippen MR) is 65.3 cm³/mol. The topological polar surface area (TPSA) is 46.2 Å². The second kappa shape index (κ2) is 4.37. The van der Waals surface area contributed by atoms with Crippen molar-refractivity contribution in [1.29, 1.82) is 0 Å². The van der Waals surface area contributed by atoms with Crippen LogP contribution in [0.15, 0.2) is 48.5 Å². The quantitative estimate of drug-likeness (QED) is 0.805. The molecule has 0 fully saturated rings. The van der Waals surface area contributed by atoms with Gasteiger partial charge in [-0.15, -0.1) is 0 Å². The van der Waals surface area contributed by atoms with Gasteiger partial charge in [0.25, 0.3) is 0 Å². The third-order valence-corrected chi connectivity index (χ3v) is 2.71. The van der Waals surface area contributed by atoms with E-state index in [2.05, 4.69) is 0 Å². The summed E-state index contributed by atoms with van der Waals surface area (Å²) in [4.78, 5) is 0. The van der Waals surface area contributed by atoms with Gasteiger partial charge in [0.2, 0.25) is 0 Å². The van der Waals surface area contributed by atoms with Gasteiger partial charge in [-0.3, -0.25) is 0 Å². The molecule has 2 aromatic carbocycles. The Kier molecular flexibility index (Phi) is 2.93. The Hall–Kier alpha value is -1.80. The number of phenols is 1. The van der Waals surface area contributed by atoms with Crippen molar-refractivity contribution in [3.8, 4) is 5.75 Å². The molecule has 0 saturated heterocycles. The summed E-state index contributed by atoms with van der Waals surface area (Å²) in [6.07, 6.45) is 0. The predicted octanol–water partition coefficient (Wildman–Crippen LogP) is 2.75. The Morgan fingerprint density at radius 3 is 2.25 bits per heavy atom. The van der Waals surface area contributed by atoms with Crippen LogP contribution >= 0.6 is 0 Å². The number of phenolic OH excluding ortho intramolecular Hbond substituents is 1. The van der Waals surface area contributed by atoms with E-state index in [1.165, 1.54) is 5.56 Å². The van der Waals surface area contributed by atoms with E-state index >= 15 is 0 Å². The molecule has 2 rings (SSSR count). The van der Waals surface area contributed by atoms with Gasteiger partial charge in [-0.1, -0.05) is 48.0 Å². The van der Waals surface area contributed by atoms with Gasteiger partial charge < -0.3 is 10.8 Å². The second-order valence-electron chi connectivity index (χ2n) is 3.95. The molecule has 82 valence electrons. The molecule has 0 aromatic heterocycles. The van der Waals surface area contributed by atoms with E-state index in [-0.39, 0.29) is 11.8 Å². The molecule has 0 bridgehead atoms. The lowest BCUT2D eigenvalue weighted by Crippen LogP contribution is -2.11. The molecule has 3 N–H and O–H groups in total. The first kappa shape index (κ1) is 10.7. The standard InChI is InChI=1S/C14H15NO/c1-10-6-8-11(9-7-10)14(15)12-4-2-3-5-13(12)16/h2-9,14,16H,15H2,1H3. The molecule has 2 heteroatoms. The summed E-state index contributed by atoms with van der Waals surface area (Å²) < 4.78 is 0. The molecule has 0 aliphatic carbocycles. The van der Waals surface area contributed by atoms with Gasteiger partial charge in [0.05, 0.1) is 6.04 Å². The monoisotopic (exact) mass is 213 g/mol. The number of aromatic hydroxyl groups is 1. The Labute approximate surface area is 95.4 Å². The lowest BCUT2D eigenvalue weighted by atomic mass is 9.98. The summed E-state index contributed by atoms with van der Waals surface area (Å²) in [7, 11) is 0. The number of benzene rings is 2. The molecule has 0 aliphatic heterocycles. The van der Waals surface area contributed by atoms with Crippen molar-refractivity contribution >= 4 is 0 Å². The number of hydrogen-bond donors (Lipinski definition) is 2. The van der Waals surface area contributed by atoms with E-state index in [0.29, 0.717) is 0 Å². The molecule has 1 unspecified atom stereocenters. The molecule has 0 radical (unpaired) electrons. The fourth-order valence-corrected chi connectivity index (χ4v) is 1.70. The van der Waals surface area contributed by atoms with E-state index in [0.717, 1.165) is 11.1 Å². The van der Waals surface area contributed by atoms with Crippen LogP contribution in [0.2, 0.25) is 0 Å². The SMILES string of the molecule is Cc1ccc(C(N)c2ccccc2O)cc1. The van der Waals surface area contributed by atoms with Crippen LogP contribution in [0.1, 0.15) is 22.7 Å². The fraction of sp³-hybridized carbons (Fsp3) is 0.143. The maximum atomic E-state index is 9.72. The van der Waals surface area contributed by atoms with E-state index in [9.17, 15) is 5.11 Å². The maximum absolute atomic E-state index is 9.72. The third kappa shape index (κ3) is 2.07. The van der Waals surface area contributed by atoms with Crippen molar-refractivity contribution < 1.29 is 5.11 Å². The summed E-state index contributed by atoms with van der Waals surface area (Å²) >= 11 is 0. The highest BCUT2D eigenvalue weighted by atomic mass is 16.3. The van der Waals surface area contributed by atoms with Gasteiger partial charge in [0.15, 0.2) is 0 Å². The van der Waals surface area contributed by atoms with Gasteiger partial charge >= 0.3 is 0 Å². The van der Waals surface area contributed by atoms with Crippen LogP contribution in [0.25, 0.3) is 0 Å². The summed E-state index contributed by atoms with van der Waals surface area (Å²) in [6.45, 7) is 2.04. The Morgan fingerprint density at radius 1 is 1.00 bits per heavy atom. The molecular formula is C14H15NO. The zero-order valence-electron chi connectivity index (χ0n) is 9.22. The van der Waals surface area contributed by atoms with Gasteiger partial charge in [-0.2, -0.15) is 0 Å². The molecule has 16 heavy (non-hydrogen) atoms. The smallest absolute Gasteiger partial charge is 0.120 e. The van der Waals surface area contributed by atoms with Gasteiger partial charge in [-0.05, 0) is 18.6 Å². The molecule has 0 amide bonds. The summed E-state index contributed by atoms with van der Waals surface area (Å²) in [5.41, 5.74) is 9.07. The summed E-state index contributed by atoms with van der Waals surface area (Å²) in [5.74, 6) is 0.246. The summed E-state index contributed by atoms with van der Waals surface area (Å²) in [5, 5.41) is 9.72. The number of rotatable bonds is 2. The van der Waals surface area contributed by atoms with Crippen molar-refractivity contribution in [1.82, 2.24) is 0 Å². The number of para-hydroxylation sites is 1. The molecule has 0 saturated carbocycles. The molecule has 2 nitrogen and oxygen atoms in total. The lowest BCUT2D eigenvalue weighted by molar-refractivity contribution is 0.465. The Bertz CT molecular complexity index is 476. The average Bonchev–Trinajstić information content (AvgIpc) is 2.30. The van der Waals surface area contributed by atoms with Crippen LogP contribution in [-0.4, -0.2) is 5.11 Å². The maximum Gasteiger partial charge on any atom is 0.120 e. The zero-order valence-corrected chi connectivity index (χ0v) is 9.22. The molecular weight excluding hydrogens is 198 g/mol. The van der Waals surface area contributed by atoms with Crippen molar-refractivity contribution in [2.45, 2.75) is 13.0 Å². The van der Waals surface area contributed by atoms with Crippen molar-refractivity contribution in [3.63, 3.8) is 0 Å². The molecule has 2 aromatic rings. The van der Waals surface area contributed by atoms with Crippen molar-refractivity contribution in [2.75, 3.05) is 0 Å². The molecule has 0 aliphatic rings. The van der Waals surface area contributed by atoms with Crippen LogP contribution < -0.4 is 5.73 Å². The first-order valence-electron chi connectivity index (χ1n) is 5.28. The second-order valence-corrected chi connectivity index (χ2v) is 3.95. The molecule has 1 atom stereocenters. The number of nitrogens with two attached hydrogens (primary N) is 1.